The van der Waals surface area contributed by atoms with E-state index < -0.39 is 13.9 Å². The number of hydrazone groups is 1. The molecule has 0 unspecified atom stereocenters. The topological polar surface area (TPSA) is 75.8 Å². The zero-order chi connectivity index (χ0) is 27.4. The predicted octanol–water partition coefficient (Wildman–Crippen LogP) is 7.52. The minimum absolute atomic E-state index is 0.0283. The Labute approximate surface area is 235 Å². The van der Waals surface area contributed by atoms with E-state index in [1.54, 1.807) is 17.8 Å². The molecule has 0 saturated carbocycles. The van der Waals surface area contributed by atoms with Crippen LogP contribution in [0.5, 0.6) is 0 Å². The number of nitro groups is 1. The van der Waals surface area contributed by atoms with Gasteiger partial charge in [0.05, 0.1) is 15.4 Å². The highest BCUT2D eigenvalue weighted by Gasteiger charge is 2.62. The number of Topliss-reactive ketones (excluding diaryl/α,β-unsaturated/α-hetero) is 1. The van der Waals surface area contributed by atoms with Crippen LogP contribution in [0.3, 0.4) is 0 Å². The molecule has 0 radical (unpaired) electrons. The van der Waals surface area contributed by atoms with Crippen LogP contribution >= 0.6 is 23.5 Å². The number of thioether (sulfide) groups is 2. The number of rotatable bonds is 5. The number of ketones is 1. The van der Waals surface area contributed by atoms with E-state index in [-0.39, 0.29) is 11.5 Å². The van der Waals surface area contributed by atoms with Crippen LogP contribution in [0.4, 0.5) is 11.4 Å². The van der Waals surface area contributed by atoms with Gasteiger partial charge in [-0.05, 0) is 47.7 Å². The average molecular weight is 552 g/mol. The number of aryl methyl sites for hydroxylation is 2. The molecule has 0 amide bonds. The largest absolute Gasteiger partial charge is 0.292 e. The molecule has 2 aliphatic heterocycles. The zero-order valence-corrected chi connectivity index (χ0v) is 23.3. The Morgan fingerprint density at radius 1 is 0.821 bits per heavy atom. The van der Waals surface area contributed by atoms with Crippen molar-refractivity contribution in [3.05, 3.63) is 141 Å². The van der Waals surface area contributed by atoms with Gasteiger partial charge in [0.25, 0.3) is 5.69 Å². The van der Waals surface area contributed by atoms with E-state index in [0.29, 0.717) is 10.7 Å². The molecule has 1 atom stereocenters. The van der Waals surface area contributed by atoms with E-state index >= 15 is 0 Å². The molecule has 194 valence electrons. The lowest BCUT2D eigenvalue weighted by molar-refractivity contribution is -0.384. The Balaban J connectivity index is 1.68. The summed E-state index contributed by atoms with van der Waals surface area (Å²) in [7, 11) is 0. The molecule has 0 fully saturated rings. The fourth-order valence-corrected chi connectivity index (χ4v) is 9.29. The summed E-state index contributed by atoms with van der Waals surface area (Å²) in [4.78, 5) is 24.0. The second kappa shape index (κ2) is 9.39. The minimum atomic E-state index is -0.878. The lowest BCUT2D eigenvalue weighted by Crippen LogP contribution is -2.34. The molecule has 6 rings (SSSR count). The number of nitrogens with zero attached hydrogens (tertiary/aromatic N) is 3. The third kappa shape index (κ3) is 3.81. The van der Waals surface area contributed by atoms with E-state index in [1.807, 2.05) is 35.3 Å². The normalized spacial score (nSPS) is 19.2. The molecule has 4 aromatic carbocycles. The number of fused-ring (bicyclic) bond motifs is 2. The van der Waals surface area contributed by atoms with Crippen LogP contribution in [0.15, 0.2) is 102 Å². The average Bonchev–Trinajstić information content (AvgIpc) is 3.46. The number of anilines is 1. The first-order valence-electron chi connectivity index (χ1n) is 12.5. The monoisotopic (exact) mass is 551 g/mol. The van der Waals surface area contributed by atoms with Crippen LogP contribution in [-0.2, 0) is 13.7 Å². The molecule has 4 aromatic rings. The summed E-state index contributed by atoms with van der Waals surface area (Å²) in [5, 5.41) is 18.7. The van der Waals surface area contributed by atoms with Crippen molar-refractivity contribution < 1.29 is 9.72 Å². The summed E-state index contributed by atoms with van der Waals surface area (Å²) < 4.78 is -1.50. The van der Waals surface area contributed by atoms with Crippen molar-refractivity contribution in [2.24, 2.45) is 5.10 Å². The maximum atomic E-state index is 12.8. The molecule has 2 heterocycles. The maximum absolute atomic E-state index is 12.8. The van der Waals surface area contributed by atoms with Gasteiger partial charge >= 0.3 is 0 Å². The van der Waals surface area contributed by atoms with Crippen LogP contribution in [-0.4, -0.2) is 15.8 Å². The number of non-ortho nitro benzene ring substituents is 1. The molecular weight excluding hydrogens is 526 g/mol. The Morgan fingerprint density at radius 2 is 1.38 bits per heavy atom. The number of hydrogen-bond acceptors (Lipinski definition) is 7. The third-order valence-corrected chi connectivity index (χ3v) is 10.6. The Hall–Kier alpha value is -3.88. The summed E-state index contributed by atoms with van der Waals surface area (Å²) in [5.74, 6) is -0.144. The van der Waals surface area contributed by atoms with Gasteiger partial charge in [0.2, 0.25) is 0 Å². The number of benzene rings is 4. The standard InChI is InChI=1S/C31H25N3O3S2/c1-20-11-4-6-15-25(20)30(26-16-7-5-12-21(26)2)27-17-8-9-18-28(27)31(39-30)33(32-29(38-31)22(3)35)23-13-10-14-24(19-23)34(36)37/h4-19H,1-3H3/t31-/m0/s1. The molecule has 8 heteroatoms. The van der Waals surface area contributed by atoms with Gasteiger partial charge in [-0.25, -0.2) is 5.01 Å². The predicted molar refractivity (Wildman–Crippen MR) is 159 cm³/mol. The lowest BCUT2D eigenvalue weighted by atomic mass is 9.79. The SMILES string of the molecule is CC(=O)C1=NN(c2cccc([N+](=O)[O-])c2)[C@@]2(S1)SC(c1ccccc1C)(c1ccccc1C)c1ccccc12. The summed E-state index contributed by atoms with van der Waals surface area (Å²) in [6.07, 6.45) is 0. The first-order chi connectivity index (χ1) is 18.8. The smallest absolute Gasteiger partial charge is 0.271 e. The summed E-state index contributed by atoms with van der Waals surface area (Å²) >= 11 is 3.13. The highest BCUT2D eigenvalue weighted by molar-refractivity contribution is 8.27. The van der Waals surface area contributed by atoms with Crippen molar-refractivity contribution in [1.29, 1.82) is 0 Å². The number of nitro benzene ring substituents is 1. The van der Waals surface area contributed by atoms with E-state index in [1.165, 1.54) is 30.8 Å². The van der Waals surface area contributed by atoms with Crippen molar-refractivity contribution in [2.45, 2.75) is 29.7 Å². The highest BCUT2D eigenvalue weighted by Crippen LogP contribution is 2.71. The van der Waals surface area contributed by atoms with E-state index in [9.17, 15) is 14.9 Å². The van der Waals surface area contributed by atoms with Crippen molar-refractivity contribution in [1.82, 2.24) is 0 Å². The first-order valence-corrected chi connectivity index (χ1v) is 14.2. The van der Waals surface area contributed by atoms with Crippen LogP contribution in [0.1, 0.15) is 40.3 Å². The molecule has 1 spiro atoms. The van der Waals surface area contributed by atoms with E-state index in [2.05, 4.69) is 62.4 Å². The molecule has 0 aliphatic carbocycles. The quantitative estimate of drug-likeness (QED) is 0.189. The molecule has 0 bridgehead atoms. The van der Waals surface area contributed by atoms with Gasteiger partial charge in [-0.3, -0.25) is 14.9 Å². The number of hydrogen-bond donors (Lipinski definition) is 0. The van der Waals surface area contributed by atoms with Gasteiger partial charge in [-0.15, -0.1) is 0 Å². The fourth-order valence-electron chi connectivity index (χ4n) is 5.56. The van der Waals surface area contributed by atoms with Gasteiger partial charge in [-0.2, -0.15) is 5.10 Å². The van der Waals surface area contributed by atoms with Crippen molar-refractivity contribution in [2.75, 3.05) is 5.01 Å². The van der Waals surface area contributed by atoms with Gasteiger partial charge in [0.15, 0.2) is 15.0 Å². The van der Waals surface area contributed by atoms with Crippen LogP contribution < -0.4 is 5.01 Å². The van der Waals surface area contributed by atoms with Crippen LogP contribution in [0.2, 0.25) is 0 Å². The Bertz CT molecular complexity index is 1640. The number of carbonyl (C=O) groups excluding carboxylic acids is 1. The van der Waals surface area contributed by atoms with E-state index in [0.717, 1.165) is 33.4 Å². The van der Waals surface area contributed by atoms with Crippen LogP contribution in [0.25, 0.3) is 0 Å². The fraction of sp³-hybridized carbons (Fsp3) is 0.161. The van der Waals surface area contributed by atoms with Gasteiger partial charge in [-0.1, -0.05) is 102 Å². The molecular formula is C31H25N3O3S2. The third-order valence-electron chi connectivity index (χ3n) is 7.28. The van der Waals surface area contributed by atoms with Gasteiger partial charge in [0, 0.05) is 24.6 Å². The molecule has 39 heavy (non-hydrogen) atoms. The Morgan fingerprint density at radius 3 is 1.95 bits per heavy atom. The van der Waals surface area contributed by atoms with Crippen molar-refractivity contribution in [3.63, 3.8) is 0 Å². The van der Waals surface area contributed by atoms with Crippen LogP contribution in [0, 0.1) is 24.0 Å². The number of carbonyl (C=O) groups is 1. The highest BCUT2D eigenvalue weighted by atomic mass is 32.2. The second-order valence-electron chi connectivity index (χ2n) is 9.69. The molecule has 0 aromatic heterocycles. The second-order valence-corrected chi connectivity index (χ2v) is 12.5. The van der Waals surface area contributed by atoms with Crippen molar-refractivity contribution in [3.8, 4) is 0 Å². The molecule has 0 N–H and O–H groups in total. The zero-order valence-electron chi connectivity index (χ0n) is 21.6. The van der Waals surface area contributed by atoms with E-state index in [4.69, 9.17) is 5.10 Å². The summed E-state index contributed by atoms with van der Waals surface area (Å²) in [6.45, 7) is 5.76. The lowest BCUT2D eigenvalue weighted by Gasteiger charge is -2.38. The summed E-state index contributed by atoms with van der Waals surface area (Å²) in [6, 6.07) is 31.6. The molecule has 6 nitrogen and oxygen atoms in total. The van der Waals surface area contributed by atoms with Gasteiger partial charge < -0.3 is 0 Å². The Kier molecular flexibility index (Phi) is 6.12. The first kappa shape index (κ1) is 25.4. The van der Waals surface area contributed by atoms with Crippen molar-refractivity contribution >= 4 is 45.7 Å². The minimum Gasteiger partial charge on any atom is -0.292 e. The maximum Gasteiger partial charge on any atom is 0.271 e. The summed E-state index contributed by atoms with van der Waals surface area (Å²) in [5.41, 5.74) is 7.27. The molecule has 0 saturated heterocycles. The van der Waals surface area contributed by atoms with Gasteiger partial charge in [0.1, 0.15) is 0 Å². The molecule has 2 aliphatic rings.